The second-order valence-corrected chi connectivity index (χ2v) is 6.28. The largest absolute Gasteiger partial charge is 0.507 e. The fraction of sp³-hybridized carbons (Fsp3) is 0.200. The monoisotopic (exact) mass is 291 g/mol. The lowest BCUT2D eigenvalue weighted by atomic mass is 10.1. The van der Waals surface area contributed by atoms with Gasteiger partial charge in [0.15, 0.2) is 0 Å². The number of aromatic hydroxyl groups is 1. The van der Waals surface area contributed by atoms with Gasteiger partial charge in [-0.1, -0.05) is 36.4 Å². The Morgan fingerprint density at radius 3 is 2.40 bits per heavy atom. The summed E-state index contributed by atoms with van der Waals surface area (Å²) in [4.78, 5) is -0.0928. The zero-order chi connectivity index (χ0) is 14.6. The van der Waals surface area contributed by atoms with Crippen molar-refractivity contribution in [3.8, 4) is 5.75 Å². The van der Waals surface area contributed by atoms with Crippen LogP contribution in [-0.4, -0.2) is 20.1 Å². The van der Waals surface area contributed by atoms with Gasteiger partial charge in [0.1, 0.15) is 10.6 Å². The predicted octanol–water partition coefficient (Wildman–Crippen LogP) is 2.22. The molecule has 0 heterocycles. The minimum atomic E-state index is -3.67. The van der Waals surface area contributed by atoms with E-state index in [9.17, 15) is 13.5 Å². The molecule has 5 heteroatoms. The smallest absolute Gasteiger partial charge is 0.244 e. The standard InChI is InChI=1S/C15H17NO3S/c1-12-6-2-3-7-13(12)10-11-16-20(18,19)15-9-5-4-8-14(15)17/h2-9,16-17H,10-11H2,1H3. The zero-order valence-electron chi connectivity index (χ0n) is 11.2. The van der Waals surface area contributed by atoms with Crippen molar-refractivity contribution in [1.82, 2.24) is 4.72 Å². The normalized spacial score (nSPS) is 11.4. The van der Waals surface area contributed by atoms with Crippen LogP contribution in [0.5, 0.6) is 5.75 Å². The number of sulfonamides is 1. The van der Waals surface area contributed by atoms with Crippen LogP contribution in [0.1, 0.15) is 11.1 Å². The first-order chi connectivity index (χ1) is 9.50. The molecule has 0 aliphatic heterocycles. The lowest BCUT2D eigenvalue weighted by molar-refractivity contribution is 0.458. The van der Waals surface area contributed by atoms with Crippen molar-refractivity contribution in [2.24, 2.45) is 0 Å². The molecule has 0 radical (unpaired) electrons. The molecule has 0 saturated heterocycles. The average molecular weight is 291 g/mol. The highest BCUT2D eigenvalue weighted by molar-refractivity contribution is 7.89. The van der Waals surface area contributed by atoms with Gasteiger partial charge in [-0.2, -0.15) is 0 Å². The molecule has 0 spiro atoms. The molecule has 0 aliphatic carbocycles. The van der Waals surface area contributed by atoms with Crippen molar-refractivity contribution >= 4 is 10.0 Å². The highest BCUT2D eigenvalue weighted by atomic mass is 32.2. The Hall–Kier alpha value is -1.85. The number of nitrogens with one attached hydrogen (secondary N) is 1. The summed E-state index contributed by atoms with van der Waals surface area (Å²) in [7, 11) is -3.67. The molecule has 4 nitrogen and oxygen atoms in total. The Morgan fingerprint density at radius 2 is 1.70 bits per heavy atom. The molecule has 106 valence electrons. The van der Waals surface area contributed by atoms with Gasteiger partial charge in [-0.3, -0.25) is 0 Å². The van der Waals surface area contributed by atoms with Crippen molar-refractivity contribution in [3.63, 3.8) is 0 Å². The van der Waals surface area contributed by atoms with E-state index in [1.807, 2.05) is 31.2 Å². The fourth-order valence-corrected chi connectivity index (χ4v) is 3.10. The first kappa shape index (κ1) is 14.6. The summed E-state index contributed by atoms with van der Waals surface area (Å²) in [6.45, 7) is 2.29. The van der Waals surface area contributed by atoms with E-state index in [4.69, 9.17) is 0 Å². The third-order valence-corrected chi connectivity index (χ3v) is 4.61. The molecule has 2 aromatic rings. The van der Waals surface area contributed by atoms with E-state index < -0.39 is 10.0 Å². The van der Waals surface area contributed by atoms with Crippen molar-refractivity contribution in [2.45, 2.75) is 18.2 Å². The van der Waals surface area contributed by atoms with Crippen LogP contribution in [0.4, 0.5) is 0 Å². The van der Waals surface area contributed by atoms with Crippen LogP contribution in [0.15, 0.2) is 53.4 Å². The third kappa shape index (κ3) is 3.37. The molecule has 20 heavy (non-hydrogen) atoms. The lowest BCUT2D eigenvalue weighted by Gasteiger charge is -2.09. The lowest BCUT2D eigenvalue weighted by Crippen LogP contribution is -2.26. The molecule has 0 atom stereocenters. The second kappa shape index (κ2) is 6.07. The SMILES string of the molecule is Cc1ccccc1CCNS(=O)(=O)c1ccccc1O. The van der Waals surface area contributed by atoms with E-state index >= 15 is 0 Å². The number of phenolic OH excluding ortho intramolecular Hbond substituents is 1. The summed E-state index contributed by atoms with van der Waals surface area (Å²) in [5.74, 6) is -0.240. The van der Waals surface area contributed by atoms with E-state index in [1.165, 1.54) is 12.1 Å². The number of benzene rings is 2. The van der Waals surface area contributed by atoms with Gasteiger partial charge in [0.25, 0.3) is 0 Å². The third-order valence-electron chi connectivity index (χ3n) is 3.10. The van der Waals surface area contributed by atoms with Crippen molar-refractivity contribution in [3.05, 3.63) is 59.7 Å². The molecular weight excluding hydrogens is 274 g/mol. The van der Waals surface area contributed by atoms with Crippen LogP contribution >= 0.6 is 0 Å². The predicted molar refractivity (Wildman–Crippen MR) is 78.2 cm³/mol. The molecule has 2 N–H and O–H groups in total. The fourth-order valence-electron chi connectivity index (χ4n) is 1.97. The summed E-state index contributed by atoms with van der Waals surface area (Å²) in [5.41, 5.74) is 2.24. The minimum Gasteiger partial charge on any atom is -0.507 e. The minimum absolute atomic E-state index is 0.0928. The Labute approximate surface area is 119 Å². The van der Waals surface area contributed by atoms with Gasteiger partial charge in [-0.25, -0.2) is 13.1 Å². The molecule has 0 amide bonds. The molecule has 0 bridgehead atoms. The van der Waals surface area contributed by atoms with Gasteiger partial charge in [0.2, 0.25) is 10.0 Å². The number of hydrogen-bond acceptors (Lipinski definition) is 3. The van der Waals surface area contributed by atoms with Crippen molar-refractivity contribution in [1.29, 1.82) is 0 Å². The molecule has 0 aromatic heterocycles. The second-order valence-electron chi connectivity index (χ2n) is 4.54. The first-order valence-corrected chi connectivity index (χ1v) is 7.81. The summed E-state index contributed by atoms with van der Waals surface area (Å²) in [5, 5.41) is 9.59. The van der Waals surface area contributed by atoms with E-state index in [1.54, 1.807) is 12.1 Å². The van der Waals surface area contributed by atoms with Crippen LogP contribution in [0.2, 0.25) is 0 Å². The van der Waals surface area contributed by atoms with Gasteiger partial charge < -0.3 is 5.11 Å². The molecule has 0 aliphatic rings. The zero-order valence-corrected chi connectivity index (χ0v) is 12.0. The van der Waals surface area contributed by atoms with Crippen LogP contribution in [0.25, 0.3) is 0 Å². The number of rotatable bonds is 5. The van der Waals surface area contributed by atoms with Gasteiger partial charge in [-0.05, 0) is 36.6 Å². The van der Waals surface area contributed by atoms with Crippen molar-refractivity contribution < 1.29 is 13.5 Å². The topological polar surface area (TPSA) is 66.4 Å². The Bertz CT molecular complexity index is 696. The summed E-state index contributed by atoms with van der Waals surface area (Å²) >= 11 is 0. The summed E-state index contributed by atoms with van der Waals surface area (Å²) < 4.78 is 26.6. The molecule has 0 fully saturated rings. The van der Waals surface area contributed by atoms with E-state index in [0.29, 0.717) is 13.0 Å². The summed E-state index contributed by atoms with van der Waals surface area (Å²) in [6.07, 6.45) is 0.611. The number of hydrogen-bond donors (Lipinski definition) is 2. The van der Waals surface area contributed by atoms with Crippen molar-refractivity contribution in [2.75, 3.05) is 6.54 Å². The molecule has 2 aromatic carbocycles. The number of para-hydroxylation sites is 1. The van der Waals surface area contributed by atoms with Crippen LogP contribution in [-0.2, 0) is 16.4 Å². The van der Waals surface area contributed by atoms with E-state index in [0.717, 1.165) is 11.1 Å². The quantitative estimate of drug-likeness (QED) is 0.887. The van der Waals surface area contributed by atoms with Crippen LogP contribution < -0.4 is 4.72 Å². The average Bonchev–Trinajstić information content (AvgIpc) is 2.41. The van der Waals surface area contributed by atoms with E-state index in [2.05, 4.69) is 4.72 Å². The molecule has 0 saturated carbocycles. The Morgan fingerprint density at radius 1 is 1.05 bits per heavy atom. The number of aryl methyl sites for hydroxylation is 1. The molecule has 0 unspecified atom stereocenters. The van der Waals surface area contributed by atoms with Crippen LogP contribution in [0.3, 0.4) is 0 Å². The highest BCUT2D eigenvalue weighted by Gasteiger charge is 2.17. The highest BCUT2D eigenvalue weighted by Crippen LogP contribution is 2.20. The first-order valence-electron chi connectivity index (χ1n) is 6.33. The van der Waals surface area contributed by atoms with Crippen LogP contribution in [0, 0.1) is 6.92 Å². The molecule has 2 rings (SSSR count). The Balaban J connectivity index is 2.04. The maximum Gasteiger partial charge on any atom is 0.244 e. The maximum absolute atomic E-state index is 12.1. The van der Waals surface area contributed by atoms with Gasteiger partial charge in [0.05, 0.1) is 0 Å². The number of phenols is 1. The molecular formula is C15H17NO3S. The van der Waals surface area contributed by atoms with Gasteiger partial charge >= 0.3 is 0 Å². The maximum atomic E-state index is 12.1. The van der Waals surface area contributed by atoms with Gasteiger partial charge in [-0.15, -0.1) is 0 Å². The van der Waals surface area contributed by atoms with Gasteiger partial charge in [0, 0.05) is 6.54 Å². The summed E-state index contributed by atoms with van der Waals surface area (Å²) in [6, 6.07) is 13.7. The van der Waals surface area contributed by atoms with E-state index in [-0.39, 0.29) is 10.6 Å². The Kier molecular flexibility index (Phi) is 4.42.